The molecule has 0 aliphatic heterocycles. The number of hydrogen-bond donors (Lipinski definition) is 2. The molecule has 154 valence electrons. The summed E-state index contributed by atoms with van der Waals surface area (Å²) in [4.78, 5) is 25.1. The van der Waals surface area contributed by atoms with Gasteiger partial charge in [0.2, 0.25) is 0 Å². The summed E-state index contributed by atoms with van der Waals surface area (Å²) < 4.78 is 1.83. The number of aryl methyl sites for hydroxylation is 1. The van der Waals surface area contributed by atoms with Gasteiger partial charge in [0.1, 0.15) is 0 Å². The molecule has 2 aromatic carbocycles. The quantitative estimate of drug-likeness (QED) is 0.620. The Morgan fingerprint density at radius 3 is 2.50 bits per heavy atom. The van der Waals surface area contributed by atoms with Crippen molar-refractivity contribution in [3.63, 3.8) is 0 Å². The highest BCUT2D eigenvalue weighted by Crippen LogP contribution is 2.25. The first-order chi connectivity index (χ1) is 14.4. The van der Waals surface area contributed by atoms with E-state index >= 15 is 0 Å². The van der Waals surface area contributed by atoms with Crippen LogP contribution in [0.1, 0.15) is 50.5 Å². The zero-order chi connectivity index (χ0) is 21.3. The van der Waals surface area contributed by atoms with E-state index in [4.69, 9.17) is 11.6 Å². The Labute approximate surface area is 180 Å². The second-order valence-corrected chi connectivity index (χ2v) is 7.99. The summed E-state index contributed by atoms with van der Waals surface area (Å²) in [6, 6.07) is 15.2. The van der Waals surface area contributed by atoms with E-state index in [2.05, 4.69) is 15.7 Å². The molecule has 0 radical (unpaired) electrons. The van der Waals surface area contributed by atoms with E-state index in [0.29, 0.717) is 34.1 Å². The number of halogens is 1. The van der Waals surface area contributed by atoms with Crippen LogP contribution in [0, 0.1) is 13.8 Å². The lowest BCUT2D eigenvalue weighted by Crippen LogP contribution is -2.25. The van der Waals surface area contributed by atoms with Gasteiger partial charge in [-0.15, -0.1) is 0 Å². The van der Waals surface area contributed by atoms with Crippen molar-refractivity contribution in [2.75, 3.05) is 5.32 Å². The van der Waals surface area contributed by atoms with Crippen molar-refractivity contribution in [3.8, 4) is 0 Å². The largest absolute Gasteiger partial charge is 0.349 e. The zero-order valence-electron chi connectivity index (χ0n) is 16.9. The van der Waals surface area contributed by atoms with Crippen LogP contribution >= 0.6 is 11.6 Å². The van der Waals surface area contributed by atoms with Crippen LogP contribution in [0.15, 0.2) is 48.5 Å². The van der Waals surface area contributed by atoms with Gasteiger partial charge >= 0.3 is 0 Å². The van der Waals surface area contributed by atoms with Gasteiger partial charge in [-0.05, 0) is 50.5 Å². The number of hydrogen-bond acceptors (Lipinski definition) is 3. The first-order valence-electron chi connectivity index (χ1n) is 9.92. The minimum absolute atomic E-state index is 0.186. The molecule has 2 N–H and O–H groups in total. The molecule has 7 heteroatoms. The third kappa shape index (κ3) is 4.39. The van der Waals surface area contributed by atoms with Crippen molar-refractivity contribution in [2.24, 2.45) is 0 Å². The number of amides is 2. The molecule has 1 aromatic heterocycles. The molecule has 0 spiro atoms. The molecule has 0 saturated heterocycles. The van der Waals surface area contributed by atoms with E-state index in [-0.39, 0.29) is 17.9 Å². The fourth-order valence-electron chi connectivity index (χ4n) is 3.40. The highest BCUT2D eigenvalue weighted by molar-refractivity contribution is 6.34. The van der Waals surface area contributed by atoms with E-state index in [1.165, 1.54) is 0 Å². The summed E-state index contributed by atoms with van der Waals surface area (Å²) in [5, 5.41) is 10.6. The third-order valence-corrected chi connectivity index (χ3v) is 5.48. The van der Waals surface area contributed by atoms with E-state index in [1.807, 2.05) is 48.9 Å². The SMILES string of the molecule is Cc1nn(Cc2ccccc2)c(C)c1C(=O)Nc1ccc(C(=O)NC2CC2)c(Cl)c1. The molecule has 3 aromatic rings. The summed E-state index contributed by atoms with van der Waals surface area (Å²) >= 11 is 6.29. The summed E-state index contributed by atoms with van der Waals surface area (Å²) in [7, 11) is 0. The molecule has 30 heavy (non-hydrogen) atoms. The van der Waals surface area contributed by atoms with Crippen molar-refractivity contribution < 1.29 is 9.59 Å². The van der Waals surface area contributed by atoms with Crippen LogP contribution in [0.5, 0.6) is 0 Å². The van der Waals surface area contributed by atoms with Crippen molar-refractivity contribution in [1.29, 1.82) is 0 Å². The molecular weight excluding hydrogens is 400 g/mol. The molecule has 1 heterocycles. The van der Waals surface area contributed by atoms with Gasteiger partial charge < -0.3 is 10.6 Å². The number of anilines is 1. The number of nitrogens with one attached hydrogen (secondary N) is 2. The molecule has 0 bridgehead atoms. The molecule has 0 atom stereocenters. The lowest BCUT2D eigenvalue weighted by atomic mass is 10.1. The maximum atomic E-state index is 12.9. The zero-order valence-corrected chi connectivity index (χ0v) is 17.7. The third-order valence-electron chi connectivity index (χ3n) is 5.17. The Morgan fingerprint density at radius 2 is 1.83 bits per heavy atom. The number of carbonyl (C=O) groups is 2. The predicted octanol–water partition coefficient (Wildman–Crippen LogP) is 4.35. The van der Waals surface area contributed by atoms with Crippen molar-refractivity contribution in [2.45, 2.75) is 39.3 Å². The number of benzene rings is 2. The molecule has 1 aliphatic rings. The summed E-state index contributed by atoms with van der Waals surface area (Å²) in [5.74, 6) is -0.440. The van der Waals surface area contributed by atoms with Crippen molar-refractivity contribution in [3.05, 3.63) is 81.6 Å². The van der Waals surface area contributed by atoms with E-state index in [1.54, 1.807) is 18.2 Å². The van der Waals surface area contributed by atoms with Gasteiger partial charge in [-0.2, -0.15) is 5.10 Å². The fourth-order valence-corrected chi connectivity index (χ4v) is 3.66. The summed E-state index contributed by atoms with van der Waals surface area (Å²) in [5.41, 5.74) is 4.04. The van der Waals surface area contributed by atoms with Crippen LogP contribution in [0.3, 0.4) is 0 Å². The number of aromatic nitrogens is 2. The maximum Gasteiger partial charge on any atom is 0.259 e. The van der Waals surface area contributed by atoms with E-state index in [0.717, 1.165) is 24.1 Å². The second-order valence-electron chi connectivity index (χ2n) is 7.59. The normalized spacial score (nSPS) is 13.2. The molecule has 4 rings (SSSR count). The van der Waals surface area contributed by atoms with Gasteiger partial charge in [-0.1, -0.05) is 41.9 Å². The van der Waals surface area contributed by atoms with Gasteiger partial charge in [0.05, 0.1) is 28.4 Å². The Morgan fingerprint density at radius 1 is 1.10 bits per heavy atom. The van der Waals surface area contributed by atoms with Gasteiger partial charge in [0.15, 0.2) is 0 Å². The molecule has 2 amide bonds. The van der Waals surface area contributed by atoms with Crippen LogP contribution in [0.2, 0.25) is 5.02 Å². The highest BCUT2D eigenvalue weighted by atomic mass is 35.5. The number of nitrogens with zero attached hydrogens (tertiary/aromatic N) is 2. The average molecular weight is 423 g/mol. The Hall–Kier alpha value is -3.12. The van der Waals surface area contributed by atoms with Gasteiger partial charge in [0.25, 0.3) is 11.8 Å². The van der Waals surface area contributed by atoms with Crippen LogP contribution < -0.4 is 10.6 Å². The van der Waals surface area contributed by atoms with Crippen LogP contribution in [0.25, 0.3) is 0 Å². The molecule has 1 aliphatic carbocycles. The van der Waals surface area contributed by atoms with E-state index < -0.39 is 0 Å². The Kier molecular flexibility index (Phi) is 5.59. The minimum Gasteiger partial charge on any atom is -0.349 e. The smallest absolute Gasteiger partial charge is 0.259 e. The number of carbonyl (C=O) groups excluding carboxylic acids is 2. The predicted molar refractivity (Wildman–Crippen MR) is 117 cm³/mol. The monoisotopic (exact) mass is 422 g/mol. The fraction of sp³-hybridized carbons (Fsp3) is 0.261. The Bertz CT molecular complexity index is 1100. The summed E-state index contributed by atoms with van der Waals surface area (Å²) in [6.07, 6.45) is 2.02. The lowest BCUT2D eigenvalue weighted by Gasteiger charge is -2.10. The minimum atomic E-state index is -0.254. The molecular formula is C23H23ClN4O2. The molecule has 1 saturated carbocycles. The molecule has 1 fully saturated rings. The van der Waals surface area contributed by atoms with E-state index in [9.17, 15) is 9.59 Å². The Balaban J connectivity index is 1.49. The highest BCUT2D eigenvalue weighted by Gasteiger charge is 2.25. The maximum absolute atomic E-state index is 12.9. The van der Waals surface area contributed by atoms with Crippen molar-refractivity contribution in [1.82, 2.24) is 15.1 Å². The topological polar surface area (TPSA) is 76.0 Å². The van der Waals surface area contributed by atoms with Gasteiger partial charge in [-0.3, -0.25) is 14.3 Å². The lowest BCUT2D eigenvalue weighted by molar-refractivity contribution is 0.0950. The van der Waals surface area contributed by atoms with Crippen molar-refractivity contribution >= 4 is 29.1 Å². The second kappa shape index (κ2) is 8.32. The molecule has 0 unspecified atom stereocenters. The van der Waals surface area contributed by atoms with Gasteiger partial charge in [-0.25, -0.2) is 0 Å². The van der Waals surface area contributed by atoms with Gasteiger partial charge in [0, 0.05) is 17.4 Å². The summed E-state index contributed by atoms with van der Waals surface area (Å²) in [6.45, 7) is 4.30. The van der Waals surface area contributed by atoms with Crippen LogP contribution in [-0.4, -0.2) is 27.6 Å². The molecule has 6 nitrogen and oxygen atoms in total. The first-order valence-corrected chi connectivity index (χ1v) is 10.3. The average Bonchev–Trinajstić information content (AvgIpc) is 3.47. The number of rotatable bonds is 6. The first kappa shape index (κ1) is 20.2. The van der Waals surface area contributed by atoms with Crippen LogP contribution in [0.4, 0.5) is 5.69 Å². The standard InChI is InChI=1S/C23H23ClN4O2/c1-14-21(15(2)28(27-14)13-16-6-4-3-5-7-16)23(30)26-18-10-11-19(20(24)12-18)22(29)25-17-8-9-17/h3-7,10-12,17H,8-9,13H2,1-2H3,(H,25,29)(H,26,30). The van der Waals surface area contributed by atoms with Crippen LogP contribution in [-0.2, 0) is 6.54 Å².